The van der Waals surface area contributed by atoms with Crippen molar-refractivity contribution in [1.29, 1.82) is 0 Å². The van der Waals surface area contributed by atoms with Crippen LogP contribution in [0.25, 0.3) is 0 Å². The van der Waals surface area contributed by atoms with Crippen LogP contribution in [0.3, 0.4) is 0 Å². The third kappa shape index (κ3) is 4.90. The van der Waals surface area contributed by atoms with Gasteiger partial charge < -0.3 is 15.0 Å². The number of thiazole rings is 1. The first-order valence-electron chi connectivity index (χ1n) is 10.8. The summed E-state index contributed by atoms with van der Waals surface area (Å²) in [5.74, 6) is 0. The molecule has 0 radical (unpaired) electrons. The number of sulfonamides is 1. The highest BCUT2D eigenvalue weighted by atomic mass is 32.2. The van der Waals surface area contributed by atoms with Gasteiger partial charge in [-0.3, -0.25) is 4.90 Å². The lowest BCUT2D eigenvalue weighted by Crippen LogP contribution is -2.36. The molecule has 2 aliphatic rings. The molecule has 11 heteroatoms. The van der Waals surface area contributed by atoms with Crippen molar-refractivity contribution < 1.29 is 17.9 Å². The largest absolute Gasteiger partial charge is 0.378 e. The lowest BCUT2D eigenvalue weighted by molar-refractivity contribution is 0.122. The number of ether oxygens (including phenoxy) is 1. The number of nitrogens with zero attached hydrogens (tertiary/aromatic N) is 4. The van der Waals surface area contributed by atoms with Gasteiger partial charge in [0.1, 0.15) is 0 Å². The summed E-state index contributed by atoms with van der Waals surface area (Å²) in [5.41, 5.74) is 2.17. The van der Waals surface area contributed by atoms with Crippen LogP contribution in [0.2, 0.25) is 0 Å². The fraction of sp³-hybridized carbons (Fsp3) is 0.524. The summed E-state index contributed by atoms with van der Waals surface area (Å²) in [6.45, 7) is 5.86. The van der Waals surface area contributed by atoms with E-state index < -0.39 is 10.0 Å². The number of nitrogens with one attached hydrogen (secondary N) is 1. The Balaban J connectivity index is 1.43. The van der Waals surface area contributed by atoms with Crippen molar-refractivity contribution in [3.05, 3.63) is 30.0 Å². The Labute approximate surface area is 193 Å². The van der Waals surface area contributed by atoms with Crippen LogP contribution >= 0.6 is 11.3 Å². The summed E-state index contributed by atoms with van der Waals surface area (Å²) in [6, 6.07) is 7.28. The molecule has 2 aliphatic heterocycles. The smallest absolute Gasteiger partial charge is 0.327 e. The van der Waals surface area contributed by atoms with E-state index >= 15 is 0 Å². The number of carbonyl (C=O) groups is 1. The van der Waals surface area contributed by atoms with Crippen molar-refractivity contribution in [2.75, 3.05) is 61.6 Å². The lowest BCUT2D eigenvalue weighted by Gasteiger charge is -2.29. The summed E-state index contributed by atoms with van der Waals surface area (Å²) >= 11 is 1.03. The van der Waals surface area contributed by atoms with Gasteiger partial charge in [0.2, 0.25) is 0 Å². The number of rotatable bonds is 5. The number of amides is 2. The van der Waals surface area contributed by atoms with Gasteiger partial charge in [0.15, 0.2) is 9.34 Å². The van der Waals surface area contributed by atoms with Gasteiger partial charge in [0.25, 0.3) is 10.0 Å². The van der Waals surface area contributed by atoms with E-state index in [9.17, 15) is 13.2 Å². The van der Waals surface area contributed by atoms with Crippen molar-refractivity contribution in [1.82, 2.24) is 9.29 Å². The SMILES string of the molecule is Cc1nc(N(C)C(=O)Nc2ccc(N3CCOCC3)cc2)sc1S(=O)(=O)N1CCCCC1. The quantitative estimate of drug-likeness (QED) is 0.708. The zero-order valence-corrected chi connectivity index (χ0v) is 20.0. The second-order valence-corrected chi connectivity index (χ2v) is 11.1. The van der Waals surface area contributed by atoms with Crippen molar-refractivity contribution >= 4 is 43.9 Å². The molecular weight excluding hydrogens is 450 g/mol. The number of piperidine rings is 1. The van der Waals surface area contributed by atoms with Gasteiger partial charge in [-0.1, -0.05) is 17.8 Å². The fourth-order valence-corrected chi connectivity index (χ4v) is 6.96. The highest BCUT2D eigenvalue weighted by molar-refractivity contribution is 7.91. The monoisotopic (exact) mass is 479 g/mol. The van der Waals surface area contributed by atoms with Crippen LogP contribution in [0.4, 0.5) is 21.3 Å². The standard InChI is InChI=1S/C21H29N5O4S2/c1-16-19(32(28,29)26-10-4-3-5-11-26)31-21(22-16)24(2)20(27)23-17-6-8-18(9-7-17)25-12-14-30-15-13-25/h6-9H,3-5,10-15H2,1-2H3,(H,23,27). The van der Waals surface area contributed by atoms with Gasteiger partial charge in [-0.05, 0) is 44.0 Å². The van der Waals surface area contributed by atoms with Gasteiger partial charge in [-0.15, -0.1) is 0 Å². The minimum absolute atomic E-state index is 0.212. The van der Waals surface area contributed by atoms with Gasteiger partial charge in [-0.2, -0.15) is 4.31 Å². The van der Waals surface area contributed by atoms with E-state index in [1.807, 2.05) is 24.3 Å². The van der Waals surface area contributed by atoms with Crippen LogP contribution in [0.15, 0.2) is 28.5 Å². The van der Waals surface area contributed by atoms with Gasteiger partial charge in [0.05, 0.1) is 18.9 Å². The first kappa shape index (κ1) is 23.0. The van der Waals surface area contributed by atoms with Gasteiger partial charge >= 0.3 is 6.03 Å². The molecule has 4 rings (SSSR count). The number of urea groups is 1. The number of benzene rings is 1. The van der Waals surface area contributed by atoms with Crippen LogP contribution in [-0.2, 0) is 14.8 Å². The summed E-state index contributed by atoms with van der Waals surface area (Å²) in [5, 5.41) is 3.20. The molecule has 9 nitrogen and oxygen atoms in total. The molecule has 2 amide bonds. The Kier molecular flexibility index (Phi) is 6.99. The second kappa shape index (κ2) is 9.74. The molecule has 0 bridgehead atoms. The highest BCUT2D eigenvalue weighted by Crippen LogP contribution is 2.33. The van der Waals surface area contributed by atoms with Crippen LogP contribution in [0.5, 0.6) is 0 Å². The first-order chi connectivity index (χ1) is 15.4. The maximum atomic E-state index is 13.0. The fourth-order valence-electron chi connectivity index (χ4n) is 3.85. The van der Waals surface area contributed by atoms with Crippen LogP contribution in [-0.4, -0.2) is 70.2 Å². The number of aromatic nitrogens is 1. The van der Waals surface area contributed by atoms with Crippen molar-refractivity contribution in [2.24, 2.45) is 0 Å². The van der Waals surface area contributed by atoms with Crippen molar-refractivity contribution in [3.8, 4) is 0 Å². The first-order valence-corrected chi connectivity index (χ1v) is 13.1. The molecule has 0 saturated carbocycles. The molecule has 0 unspecified atom stereocenters. The predicted molar refractivity (Wildman–Crippen MR) is 126 cm³/mol. The molecule has 2 aromatic rings. The zero-order chi connectivity index (χ0) is 22.7. The molecule has 32 heavy (non-hydrogen) atoms. The van der Waals surface area contributed by atoms with Crippen molar-refractivity contribution in [3.63, 3.8) is 0 Å². The Bertz CT molecular complexity index is 1040. The number of morpholine rings is 1. The van der Waals surface area contributed by atoms with E-state index in [4.69, 9.17) is 4.74 Å². The van der Waals surface area contributed by atoms with Crippen LogP contribution in [0, 0.1) is 6.92 Å². The number of hydrogen-bond acceptors (Lipinski definition) is 7. The van der Waals surface area contributed by atoms with Crippen LogP contribution in [0.1, 0.15) is 25.0 Å². The Hall–Kier alpha value is -2.21. The van der Waals surface area contributed by atoms with E-state index in [0.717, 1.165) is 49.4 Å². The van der Waals surface area contributed by atoms with E-state index in [1.54, 1.807) is 14.0 Å². The maximum absolute atomic E-state index is 13.0. The third-order valence-electron chi connectivity index (χ3n) is 5.72. The molecule has 2 fully saturated rings. The Morgan fingerprint density at radius 1 is 1.09 bits per heavy atom. The van der Waals surface area contributed by atoms with Crippen LogP contribution < -0.4 is 15.1 Å². The van der Waals surface area contributed by atoms with E-state index in [1.165, 1.54) is 9.21 Å². The van der Waals surface area contributed by atoms with Gasteiger partial charge in [0, 0.05) is 44.6 Å². The molecule has 1 aromatic heterocycles. The minimum atomic E-state index is -3.59. The lowest BCUT2D eigenvalue weighted by atomic mass is 10.2. The molecule has 0 atom stereocenters. The number of aryl methyl sites for hydroxylation is 1. The highest BCUT2D eigenvalue weighted by Gasteiger charge is 2.31. The summed E-state index contributed by atoms with van der Waals surface area (Å²) < 4.78 is 33.2. The second-order valence-electron chi connectivity index (χ2n) is 7.97. The number of hydrogen-bond donors (Lipinski definition) is 1. The zero-order valence-electron chi connectivity index (χ0n) is 18.4. The Morgan fingerprint density at radius 2 is 1.75 bits per heavy atom. The molecule has 1 aromatic carbocycles. The molecular formula is C21H29N5O4S2. The van der Waals surface area contributed by atoms with Crippen molar-refractivity contribution in [2.45, 2.75) is 30.4 Å². The molecule has 1 N–H and O–H groups in total. The Morgan fingerprint density at radius 3 is 2.41 bits per heavy atom. The summed E-state index contributed by atoms with van der Waals surface area (Å²) in [6.07, 6.45) is 2.79. The molecule has 174 valence electrons. The number of carbonyl (C=O) groups excluding carboxylic acids is 1. The molecule has 3 heterocycles. The van der Waals surface area contributed by atoms with E-state index in [0.29, 0.717) is 42.8 Å². The van der Waals surface area contributed by atoms with E-state index in [-0.39, 0.29) is 10.2 Å². The predicted octanol–water partition coefficient (Wildman–Crippen LogP) is 3.13. The average molecular weight is 480 g/mol. The van der Waals surface area contributed by atoms with Gasteiger partial charge in [-0.25, -0.2) is 18.2 Å². The average Bonchev–Trinajstić information content (AvgIpc) is 3.22. The third-order valence-corrected chi connectivity index (χ3v) is 9.44. The number of anilines is 3. The molecule has 0 spiro atoms. The topological polar surface area (TPSA) is 95.1 Å². The molecule has 0 aliphatic carbocycles. The summed E-state index contributed by atoms with van der Waals surface area (Å²) in [4.78, 5) is 20.7. The summed E-state index contributed by atoms with van der Waals surface area (Å²) in [7, 11) is -2.00. The normalized spacial score (nSPS) is 17.9. The minimum Gasteiger partial charge on any atom is -0.378 e. The molecule has 2 saturated heterocycles. The maximum Gasteiger partial charge on any atom is 0.327 e. The van der Waals surface area contributed by atoms with E-state index in [2.05, 4.69) is 15.2 Å².